The Morgan fingerprint density at radius 1 is 1.34 bits per heavy atom. The molecule has 9 heteroatoms. The number of likely N-dealkylation sites (N-methyl/N-ethyl adjacent to an activating group) is 1. The van der Waals surface area contributed by atoms with Crippen LogP contribution in [0.5, 0.6) is 5.75 Å². The lowest BCUT2D eigenvalue weighted by Crippen LogP contribution is -2.38. The lowest BCUT2D eigenvalue weighted by atomic mass is 9.82. The van der Waals surface area contributed by atoms with Gasteiger partial charge in [0.25, 0.3) is 5.91 Å². The minimum absolute atomic E-state index is 0.0375. The van der Waals surface area contributed by atoms with E-state index in [2.05, 4.69) is 4.72 Å². The van der Waals surface area contributed by atoms with E-state index < -0.39 is 10.0 Å². The molecule has 1 aliphatic rings. The summed E-state index contributed by atoms with van der Waals surface area (Å²) in [4.78, 5) is 13.9. The molecule has 1 aliphatic carbocycles. The van der Waals surface area contributed by atoms with Crippen molar-refractivity contribution in [2.45, 2.75) is 44.6 Å². The quantitative estimate of drug-likeness (QED) is 0.624. The fourth-order valence-electron chi connectivity index (χ4n) is 3.58. The van der Waals surface area contributed by atoms with Gasteiger partial charge in [0.15, 0.2) is 6.61 Å². The number of aliphatic hydroxyl groups excluding tert-OH is 1. The molecule has 1 amide bonds. The van der Waals surface area contributed by atoms with Gasteiger partial charge in [-0.2, -0.15) is 0 Å². The van der Waals surface area contributed by atoms with Crippen LogP contribution in [-0.4, -0.2) is 63.4 Å². The second-order valence-electron chi connectivity index (χ2n) is 7.95. The average Bonchev–Trinajstić information content (AvgIpc) is 2.65. The van der Waals surface area contributed by atoms with Crippen molar-refractivity contribution in [1.29, 1.82) is 0 Å². The van der Waals surface area contributed by atoms with E-state index in [0.29, 0.717) is 43.5 Å². The van der Waals surface area contributed by atoms with Crippen molar-refractivity contribution >= 4 is 15.9 Å². The predicted octanol–water partition coefficient (Wildman–Crippen LogP) is 1.87. The average molecular weight is 431 g/mol. The number of rotatable bonds is 9. The molecule has 1 aromatic carbocycles. The van der Waals surface area contributed by atoms with Crippen LogP contribution in [0.3, 0.4) is 0 Å². The van der Waals surface area contributed by atoms with Crippen LogP contribution in [0.4, 0.5) is 4.39 Å². The minimum Gasteiger partial charge on any atom is -0.483 e. The van der Waals surface area contributed by atoms with E-state index in [1.54, 1.807) is 19.2 Å². The van der Waals surface area contributed by atoms with Crippen molar-refractivity contribution in [3.63, 3.8) is 0 Å². The highest BCUT2D eigenvalue weighted by Crippen LogP contribution is 2.39. The lowest BCUT2D eigenvalue weighted by molar-refractivity contribution is -0.132. The summed E-state index contributed by atoms with van der Waals surface area (Å²) < 4.78 is 44.9. The summed E-state index contributed by atoms with van der Waals surface area (Å²) in [5.74, 6) is -0.378. The summed E-state index contributed by atoms with van der Waals surface area (Å²) in [6, 6.07) is 4.60. The van der Waals surface area contributed by atoms with E-state index in [4.69, 9.17) is 4.74 Å². The van der Waals surface area contributed by atoms with Crippen molar-refractivity contribution in [2.24, 2.45) is 5.92 Å². The van der Waals surface area contributed by atoms with E-state index >= 15 is 0 Å². The van der Waals surface area contributed by atoms with Crippen LogP contribution in [0.1, 0.15) is 44.1 Å². The second kappa shape index (κ2) is 10.4. The summed E-state index contributed by atoms with van der Waals surface area (Å²) in [7, 11) is -1.65. The van der Waals surface area contributed by atoms with E-state index in [1.165, 1.54) is 11.0 Å². The zero-order valence-corrected chi connectivity index (χ0v) is 18.0. The van der Waals surface area contributed by atoms with Gasteiger partial charge in [-0.3, -0.25) is 4.79 Å². The molecule has 0 aromatic heterocycles. The molecule has 2 N–H and O–H groups in total. The largest absolute Gasteiger partial charge is 0.483 e. The number of ether oxygens (including phenoxy) is 1. The Bertz CT molecular complexity index is 794. The van der Waals surface area contributed by atoms with Gasteiger partial charge >= 0.3 is 0 Å². The highest BCUT2D eigenvalue weighted by atomic mass is 32.2. The predicted molar refractivity (Wildman–Crippen MR) is 109 cm³/mol. The molecule has 1 aromatic rings. The zero-order valence-electron chi connectivity index (χ0n) is 17.2. The maximum absolute atomic E-state index is 14.5. The molecule has 29 heavy (non-hydrogen) atoms. The normalized spacial score (nSPS) is 20.9. The number of halogens is 1. The van der Waals surface area contributed by atoms with Gasteiger partial charge in [-0.05, 0) is 49.7 Å². The summed E-state index contributed by atoms with van der Waals surface area (Å²) >= 11 is 0. The number of benzene rings is 1. The number of nitrogens with zero attached hydrogens (tertiary/aromatic N) is 1. The molecule has 0 radical (unpaired) electrons. The van der Waals surface area contributed by atoms with Gasteiger partial charge in [0, 0.05) is 25.7 Å². The Kier molecular flexibility index (Phi) is 8.42. The van der Waals surface area contributed by atoms with Crippen LogP contribution in [0.2, 0.25) is 0 Å². The van der Waals surface area contributed by atoms with E-state index in [9.17, 15) is 22.7 Å². The molecular formula is C20H31FN2O5S. The molecule has 0 bridgehead atoms. The van der Waals surface area contributed by atoms with Crippen molar-refractivity contribution in [2.75, 3.05) is 33.0 Å². The maximum atomic E-state index is 14.5. The van der Waals surface area contributed by atoms with Crippen LogP contribution in [-0.2, 0) is 14.8 Å². The Hall–Kier alpha value is -1.71. The van der Waals surface area contributed by atoms with Crippen LogP contribution in [0.15, 0.2) is 18.2 Å². The Morgan fingerprint density at radius 2 is 2.00 bits per heavy atom. The fraction of sp³-hybridized carbons (Fsp3) is 0.650. The topological polar surface area (TPSA) is 95.9 Å². The summed E-state index contributed by atoms with van der Waals surface area (Å²) in [5, 5.41) is 9.69. The Morgan fingerprint density at radius 3 is 2.62 bits per heavy atom. The zero-order chi connectivity index (χ0) is 21.6. The minimum atomic E-state index is -3.27. The fourth-order valence-corrected chi connectivity index (χ4v) is 4.17. The number of carbonyl (C=O) groups excluding carboxylic acids is 1. The monoisotopic (exact) mass is 430 g/mol. The summed E-state index contributed by atoms with van der Waals surface area (Å²) in [6.45, 7) is 2.21. The number of sulfonamides is 1. The molecule has 0 aliphatic heterocycles. The van der Waals surface area contributed by atoms with E-state index in [-0.39, 0.29) is 42.8 Å². The van der Waals surface area contributed by atoms with Gasteiger partial charge in [0.2, 0.25) is 10.0 Å². The van der Waals surface area contributed by atoms with Crippen molar-refractivity contribution in [3.8, 4) is 5.75 Å². The Balaban J connectivity index is 1.93. The molecule has 164 valence electrons. The SMILES string of the molecule is CC(CNS(C)(=O)=O)CN(C)C(=O)COc1cccc(F)c1C1CCC(O)CC1. The summed E-state index contributed by atoms with van der Waals surface area (Å²) in [6.07, 6.45) is 3.36. The van der Waals surface area contributed by atoms with Crippen LogP contribution < -0.4 is 9.46 Å². The first-order valence-corrected chi connectivity index (χ1v) is 11.7. The smallest absolute Gasteiger partial charge is 0.260 e. The molecular weight excluding hydrogens is 399 g/mol. The van der Waals surface area contributed by atoms with E-state index in [1.807, 2.05) is 6.92 Å². The lowest BCUT2D eigenvalue weighted by Gasteiger charge is -2.27. The number of carbonyl (C=O) groups is 1. The second-order valence-corrected chi connectivity index (χ2v) is 9.78. The summed E-state index contributed by atoms with van der Waals surface area (Å²) in [5.41, 5.74) is 0.473. The van der Waals surface area contributed by atoms with Crippen molar-refractivity contribution < 1.29 is 27.4 Å². The van der Waals surface area contributed by atoms with Gasteiger partial charge < -0.3 is 14.7 Å². The third-order valence-corrected chi connectivity index (χ3v) is 5.87. The highest BCUT2D eigenvalue weighted by molar-refractivity contribution is 7.88. The van der Waals surface area contributed by atoms with Crippen LogP contribution in [0.25, 0.3) is 0 Å². The van der Waals surface area contributed by atoms with Crippen LogP contribution in [0, 0.1) is 11.7 Å². The molecule has 0 saturated heterocycles. The molecule has 1 atom stereocenters. The number of hydrogen-bond donors (Lipinski definition) is 2. The number of aliphatic hydroxyl groups is 1. The van der Waals surface area contributed by atoms with Gasteiger partial charge in [-0.15, -0.1) is 0 Å². The molecule has 0 heterocycles. The third kappa shape index (κ3) is 7.56. The number of amides is 1. The molecule has 1 fully saturated rings. The molecule has 0 spiro atoms. The number of hydrogen-bond acceptors (Lipinski definition) is 5. The Labute approximate surface area is 172 Å². The van der Waals surface area contributed by atoms with Crippen molar-refractivity contribution in [1.82, 2.24) is 9.62 Å². The molecule has 1 saturated carbocycles. The molecule has 2 rings (SSSR count). The van der Waals surface area contributed by atoms with Crippen molar-refractivity contribution in [3.05, 3.63) is 29.6 Å². The first kappa shape index (κ1) is 23.6. The first-order chi connectivity index (χ1) is 13.6. The van der Waals surface area contributed by atoms with Gasteiger partial charge in [0.05, 0.1) is 12.4 Å². The first-order valence-electron chi connectivity index (χ1n) is 9.84. The molecule has 1 unspecified atom stereocenters. The number of nitrogens with one attached hydrogen (secondary N) is 1. The standard InChI is InChI=1S/C20H31FN2O5S/c1-14(11-22-29(3,26)27)12-23(2)19(25)13-28-18-6-4-5-17(21)20(18)15-7-9-16(24)10-8-15/h4-6,14-16,22,24H,7-13H2,1-3H3. The molecule has 7 nitrogen and oxygen atoms in total. The van der Waals surface area contributed by atoms with Gasteiger partial charge in [-0.1, -0.05) is 13.0 Å². The van der Waals surface area contributed by atoms with E-state index in [0.717, 1.165) is 6.26 Å². The highest BCUT2D eigenvalue weighted by Gasteiger charge is 2.26. The third-order valence-electron chi connectivity index (χ3n) is 5.17. The van der Waals surface area contributed by atoms with Gasteiger partial charge in [0.1, 0.15) is 11.6 Å². The maximum Gasteiger partial charge on any atom is 0.260 e. The van der Waals surface area contributed by atoms with Crippen LogP contribution >= 0.6 is 0 Å². The van der Waals surface area contributed by atoms with Gasteiger partial charge in [-0.25, -0.2) is 17.5 Å².